The van der Waals surface area contributed by atoms with E-state index in [1.165, 1.54) is 0 Å². The highest BCUT2D eigenvalue weighted by atomic mass is 35.5. The molecule has 0 aliphatic carbocycles. The molecule has 0 fully saturated rings. The highest BCUT2D eigenvalue weighted by Crippen LogP contribution is 2.30. The lowest BCUT2D eigenvalue weighted by Gasteiger charge is -2.11. The van der Waals surface area contributed by atoms with Crippen LogP contribution in [0.25, 0.3) is 21.7 Å². The molecule has 1 heterocycles. The van der Waals surface area contributed by atoms with E-state index in [9.17, 15) is 8.42 Å². The normalized spacial score (nSPS) is 11.9. The van der Waals surface area contributed by atoms with Crippen LogP contribution in [0.4, 0.5) is 0 Å². The van der Waals surface area contributed by atoms with E-state index in [2.05, 4.69) is 4.98 Å². The zero-order valence-corrected chi connectivity index (χ0v) is 15.5. The molecule has 3 nitrogen and oxygen atoms in total. The predicted molar refractivity (Wildman–Crippen MR) is 107 cm³/mol. The van der Waals surface area contributed by atoms with E-state index in [-0.39, 0.29) is 11.5 Å². The summed E-state index contributed by atoms with van der Waals surface area (Å²) in [5, 5.41) is 3.30. The summed E-state index contributed by atoms with van der Waals surface area (Å²) in [4.78, 5) is 4.63. The molecule has 0 radical (unpaired) electrons. The summed E-state index contributed by atoms with van der Waals surface area (Å²) >= 11 is 6.17. The molecule has 0 saturated heterocycles. The van der Waals surface area contributed by atoms with Gasteiger partial charge in [-0.25, -0.2) is 8.42 Å². The van der Waals surface area contributed by atoms with E-state index in [1.54, 1.807) is 6.07 Å². The summed E-state index contributed by atoms with van der Waals surface area (Å²) in [6, 6.07) is 22.5. The number of hydrogen-bond acceptors (Lipinski definition) is 3. The molecule has 3 aromatic carbocycles. The highest BCUT2D eigenvalue weighted by Gasteiger charge is 2.18. The van der Waals surface area contributed by atoms with Gasteiger partial charge in [0.05, 0.1) is 22.7 Å². The van der Waals surface area contributed by atoms with E-state index in [1.807, 2.05) is 66.7 Å². The first-order valence-electron chi connectivity index (χ1n) is 8.23. The third-order valence-corrected chi connectivity index (χ3v) is 6.05. The van der Waals surface area contributed by atoms with Crippen LogP contribution >= 0.6 is 11.6 Å². The average molecular weight is 382 g/mol. The maximum atomic E-state index is 12.8. The van der Waals surface area contributed by atoms with Gasteiger partial charge >= 0.3 is 0 Å². The Morgan fingerprint density at radius 2 is 1.50 bits per heavy atom. The Kier molecular flexibility index (Phi) is 4.39. The number of sulfone groups is 1. The van der Waals surface area contributed by atoms with Crippen molar-refractivity contribution in [3.8, 4) is 0 Å². The van der Waals surface area contributed by atoms with Crippen LogP contribution in [-0.4, -0.2) is 13.4 Å². The van der Waals surface area contributed by atoms with Crippen LogP contribution in [0.15, 0.2) is 72.8 Å². The Balaban J connectivity index is 1.83. The first-order valence-corrected chi connectivity index (χ1v) is 10.4. The van der Waals surface area contributed by atoms with E-state index in [0.29, 0.717) is 10.7 Å². The van der Waals surface area contributed by atoms with Gasteiger partial charge in [-0.3, -0.25) is 4.98 Å². The van der Waals surface area contributed by atoms with E-state index >= 15 is 0 Å². The molecule has 1 aromatic heterocycles. The van der Waals surface area contributed by atoms with Gasteiger partial charge < -0.3 is 0 Å². The van der Waals surface area contributed by atoms with Gasteiger partial charge in [0.1, 0.15) is 0 Å². The Morgan fingerprint density at radius 1 is 0.769 bits per heavy atom. The van der Waals surface area contributed by atoms with Crippen LogP contribution in [0.1, 0.15) is 11.3 Å². The molecule has 0 spiro atoms. The Labute approximate surface area is 157 Å². The van der Waals surface area contributed by atoms with Gasteiger partial charge in [0.25, 0.3) is 0 Å². The van der Waals surface area contributed by atoms with Crippen molar-refractivity contribution in [3.63, 3.8) is 0 Å². The van der Waals surface area contributed by atoms with Gasteiger partial charge in [-0.2, -0.15) is 0 Å². The lowest BCUT2D eigenvalue weighted by Crippen LogP contribution is -2.09. The zero-order chi connectivity index (χ0) is 18.1. The van der Waals surface area contributed by atoms with Crippen molar-refractivity contribution in [1.82, 2.24) is 4.98 Å². The van der Waals surface area contributed by atoms with E-state index < -0.39 is 9.84 Å². The van der Waals surface area contributed by atoms with Gasteiger partial charge in [0.15, 0.2) is 9.84 Å². The number of pyridine rings is 1. The van der Waals surface area contributed by atoms with Crippen LogP contribution in [-0.2, 0) is 21.3 Å². The molecule has 0 bridgehead atoms. The number of rotatable bonds is 4. The minimum Gasteiger partial charge on any atom is -0.251 e. The molecule has 130 valence electrons. The number of fused-ring (bicyclic) bond motifs is 3. The largest absolute Gasteiger partial charge is 0.251 e. The first-order chi connectivity index (χ1) is 12.5. The third kappa shape index (κ3) is 3.43. The minimum absolute atomic E-state index is 0.00952. The maximum absolute atomic E-state index is 12.8. The van der Waals surface area contributed by atoms with E-state index in [0.717, 1.165) is 27.2 Å². The SMILES string of the molecule is O=S(=O)(Cc1ccccc1)Cc1nc2ccccc2c2ccc(Cl)cc12. The molecule has 5 heteroatoms. The molecule has 4 aromatic rings. The third-order valence-electron chi connectivity index (χ3n) is 4.33. The van der Waals surface area contributed by atoms with Gasteiger partial charge in [0, 0.05) is 15.8 Å². The predicted octanol–water partition coefficient (Wildman–Crippen LogP) is 5.16. The first kappa shape index (κ1) is 17.0. The monoisotopic (exact) mass is 381 g/mol. The summed E-state index contributed by atoms with van der Waals surface area (Å²) in [5.41, 5.74) is 2.10. The Hall–Kier alpha value is -2.43. The number of aromatic nitrogens is 1. The second-order valence-electron chi connectivity index (χ2n) is 6.28. The molecule has 0 aliphatic rings. The van der Waals surface area contributed by atoms with Crippen molar-refractivity contribution in [3.05, 3.63) is 89.1 Å². The highest BCUT2D eigenvalue weighted by molar-refractivity contribution is 7.89. The second-order valence-corrected chi connectivity index (χ2v) is 8.78. The van der Waals surface area contributed by atoms with Crippen LogP contribution in [0.3, 0.4) is 0 Å². The number of benzene rings is 3. The van der Waals surface area contributed by atoms with Gasteiger partial charge in [-0.15, -0.1) is 0 Å². The molecular formula is C21H16ClNO2S. The quantitative estimate of drug-likeness (QED) is 0.459. The number of para-hydroxylation sites is 1. The van der Waals surface area contributed by atoms with Gasteiger partial charge in [-0.1, -0.05) is 66.2 Å². The van der Waals surface area contributed by atoms with Crippen LogP contribution < -0.4 is 0 Å². The summed E-state index contributed by atoms with van der Waals surface area (Å²) in [6.45, 7) is 0. The molecule has 0 aliphatic heterocycles. The topological polar surface area (TPSA) is 47.0 Å². The van der Waals surface area contributed by atoms with Crippen LogP contribution in [0.5, 0.6) is 0 Å². The molecule has 26 heavy (non-hydrogen) atoms. The lowest BCUT2D eigenvalue weighted by atomic mass is 10.0. The molecule has 0 saturated carbocycles. The fourth-order valence-corrected chi connectivity index (χ4v) is 4.80. The molecule has 0 N–H and O–H groups in total. The summed E-state index contributed by atoms with van der Waals surface area (Å²) in [7, 11) is -3.37. The van der Waals surface area contributed by atoms with Crippen molar-refractivity contribution in [2.24, 2.45) is 0 Å². The van der Waals surface area contributed by atoms with Gasteiger partial charge in [-0.05, 0) is 29.1 Å². The molecular weight excluding hydrogens is 366 g/mol. The molecule has 0 amide bonds. The number of halogens is 1. The lowest BCUT2D eigenvalue weighted by molar-refractivity contribution is 0.594. The van der Waals surface area contributed by atoms with Crippen molar-refractivity contribution in [2.45, 2.75) is 11.5 Å². The summed E-state index contributed by atoms with van der Waals surface area (Å²) in [5.74, 6) is -0.131. The minimum atomic E-state index is -3.37. The van der Waals surface area contributed by atoms with Crippen molar-refractivity contribution in [2.75, 3.05) is 0 Å². The van der Waals surface area contributed by atoms with Crippen molar-refractivity contribution in [1.29, 1.82) is 0 Å². The average Bonchev–Trinajstić information content (AvgIpc) is 2.62. The zero-order valence-electron chi connectivity index (χ0n) is 13.9. The van der Waals surface area contributed by atoms with Crippen molar-refractivity contribution < 1.29 is 8.42 Å². The molecule has 4 rings (SSSR count). The molecule has 0 atom stereocenters. The Morgan fingerprint density at radius 3 is 2.31 bits per heavy atom. The molecule has 0 unspecified atom stereocenters. The standard InChI is InChI=1S/C21H16ClNO2S/c22-16-10-11-17-18-8-4-5-9-20(18)23-21(19(17)12-16)14-26(24,25)13-15-6-2-1-3-7-15/h1-12H,13-14H2. The Bertz CT molecular complexity index is 1200. The number of hydrogen-bond donors (Lipinski definition) is 0. The second kappa shape index (κ2) is 6.71. The maximum Gasteiger partial charge on any atom is 0.160 e. The fraction of sp³-hybridized carbons (Fsp3) is 0.0952. The van der Waals surface area contributed by atoms with E-state index in [4.69, 9.17) is 11.6 Å². The smallest absolute Gasteiger partial charge is 0.160 e. The summed E-state index contributed by atoms with van der Waals surface area (Å²) in [6.07, 6.45) is 0. The van der Waals surface area contributed by atoms with Crippen molar-refractivity contribution >= 4 is 43.1 Å². The summed E-state index contributed by atoms with van der Waals surface area (Å²) < 4.78 is 25.5. The number of nitrogens with zero attached hydrogens (tertiary/aromatic N) is 1. The van der Waals surface area contributed by atoms with Crippen LogP contribution in [0, 0.1) is 0 Å². The fourth-order valence-electron chi connectivity index (χ4n) is 3.19. The van der Waals surface area contributed by atoms with Crippen LogP contribution in [0.2, 0.25) is 5.02 Å². The van der Waals surface area contributed by atoms with Gasteiger partial charge in [0.2, 0.25) is 0 Å².